The molecule has 2 aromatic rings. The van der Waals surface area contributed by atoms with E-state index in [9.17, 15) is 22.0 Å². The van der Waals surface area contributed by atoms with Crippen molar-refractivity contribution in [3.05, 3.63) is 59.2 Å². The van der Waals surface area contributed by atoms with E-state index >= 15 is 0 Å². The van der Waals surface area contributed by atoms with Crippen molar-refractivity contribution in [1.29, 1.82) is 0 Å². The zero-order chi connectivity index (χ0) is 21.3. The van der Waals surface area contributed by atoms with Crippen LogP contribution in [0.2, 0.25) is 0 Å². The number of benzene rings is 2. The summed E-state index contributed by atoms with van der Waals surface area (Å²) in [4.78, 5) is 14.5. The number of nitrogens with zero attached hydrogens (tertiary/aromatic N) is 2. The van der Waals surface area contributed by atoms with E-state index in [2.05, 4.69) is 0 Å². The van der Waals surface area contributed by atoms with Gasteiger partial charge in [-0.3, -0.25) is 4.79 Å². The topological polar surface area (TPSA) is 57.7 Å². The third-order valence-corrected chi connectivity index (χ3v) is 7.63. The van der Waals surface area contributed by atoms with Gasteiger partial charge < -0.3 is 4.90 Å². The van der Waals surface area contributed by atoms with E-state index < -0.39 is 27.6 Å². The summed E-state index contributed by atoms with van der Waals surface area (Å²) in [6.07, 6.45) is 4.71. The molecule has 0 radical (unpaired) electrons. The molecule has 0 N–H and O–H groups in total. The SMILES string of the molecule is O=C(c1cccc(S(=O)(=O)N2CCCCCC2)c1)N1CCCc2cc(F)cc(F)c21. The Kier molecular flexibility index (Phi) is 5.88. The summed E-state index contributed by atoms with van der Waals surface area (Å²) in [6, 6.07) is 7.92. The predicted molar refractivity (Wildman–Crippen MR) is 110 cm³/mol. The van der Waals surface area contributed by atoms with Crippen LogP contribution in [0.15, 0.2) is 41.3 Å². The van der Waals surface area contributed by atoms with Gasteiger partial charge in [0, 0.05) is 31.3 Å². The van der Waals surface area contributed by atoms with Crippen molar-refractivity contribution >= 4 is 21.6 Å². The van der Waals surface area contributed by atoms with Gasteiger partial charge in [-0.15, -0.1) is 0 Å². The van der Waals surface area contributed by atoms with E-state index in [-0.39, 0.29) is 22.7 Å². The van der Waals surface area contributed by atoms with E-state index in [0.29, 0.717) is 31.5 Å². The zero-order valence-electron chi connectivity index (χ0n) is 16.6. The first-order valence-electron chi connectivity index (χ1n) is 10.3. The fraction of sp³-hybridized carbons (Fsp3) is 0.409. The molecule has 2 aliphatic rings. The lowest BCUT2D eigenvalue weighted by Crippen LogP contribution is -2.36. The largest absolute Gasteiger partial charge is 0.305 e. The third kappa shape index (κ3) is 3.98. The lowest BCUT2D eigenvalue weighted by atomic mass is 10.00. The molecule has 8 heteroatoms. The molecule has 2 aromatic carbocycles. The molecule has 5 nitrogen and oxygen atoms in total. The molecule has 0 bridgehead atoms. The molecule has 1 saturated heterocycles. The molecule has 2 heterocycles. The van der Waals surface area contributed by atoms with Crippen LogP contribution in [0.4, 0.5) is 14.5 Å². The van der Waals surface area contributed by atoms with Crippen LogP contribution in [-0.2, 0) is 16.4 Å². The van der Waals surface area contributed by atoms with Crippen molar-refractivity contribution in [2.24, 2.45) is 0 Å². The van der Waals surface area contributed by atoms with Gasteiger partial charge in [0.25, 0.3) is 5.91 Å². The molecule has 30 heavy (non-hydrogen) atoms. The van der Waals surface area contributed by atoms with Gasteiger partial charge >= 0.3 is 0 Å². The standard InChI is InChI=1S/C22H24F2N2O3S/c23-18-13-16-8-6-12-26(21(16)20(24)15-18)22(27)17-7-5-9-19(14-17)30(28,29)25-10-3-1-2-4-11-25/h5,7,9,13-15H,1-4,6,8,10-12H2. The highest BCUT2D eigenvalue weighted by Crippen LogP contribution is 2.32. The van der Waals surface area contributed by atoms with E-state index in [1.54, 1.807) is 0 Å². The molecule has 0 aromatic heterocycles. The third-order valence-electron chi connectivity index (χ3n) is 5.73. The van der Waals surface area contributed by atoms with E-state index in [0.717, 1.165) is 31.7 Å². The summed E-state index contributed by atoms with van der Waals surface area (Å²) in [5.74, 6) is -1.95. The second-order valence-corrected chi connectivity index (χ2v) is 9.74. The van der Waals surface area contributed by atoms with Crippen LogP contribution < -0.4 is 4.90 Å². The van der Waals surface area contributed by atoms with E-state index in [4.69, 9.17) is 0 Å². The number of aryl methyl sites for hydroxylation is 1. The Morgan fingerprint density at radius 1 is 0.900 bits per heavy atom. The maximum Gasteiger partial charge on any atom is 0.258 e. The zero-order valence-corrected chi connectivity index (χ0v) is 17.4. The van der Waals surface area contributed by atoms with Crippen molar-refractivity contribution in [2.45, 2.75) is 43.4 Å². The maximum absolute atomic E-state index is 14.5. The van der Waals surface area contributed by atoms with Crippen molar-refractivity contribution in [2.75, 3.05) is 24.5 Å². The quantitative estimate of drug-likeness (QED) is 0.730. The first-order chi connectivity index (χ1) is 14.4. The van der Waals surface area contributed by atoms with Crippen LogP contribution >= 0.6 is 0 Å². The Morgan fingerprint density at radius 2 is 1.63 bits per heavy atom. The molecule has 0 aliphatic carbocycles. The average Bonchev–Trinajstić information content (AvgIpc) is 3.03. The summed E-state index contributed by atoms with van der Waals surface area (Å²) in [5, 5.41) is 0. The highest BCUT2D eigenvalue weighted by Gasteiger charge is 2.30. The number of hydrogen-bond donors (Lipinski definition) is 0. The minimum atomic E-state index is -3.71. The summed E-state index contributed by atoms with van der Waals surface area (Å²) < 4.78 is 55.7. The predicted octanol–water partition coefficient (Wildman–Crippen LogP) is 4.12. The Hall–Kier alpha value is -2.32. The summed E-state index contributed by atoms with van der Waals surface area (Å²) >= 11 is 0. The molecule has 2 aliphatic heterocycles. The number of anilines is 1. The summed E-state index contributed by atoms with van der Waals surface area (Å²) in [7, 11) is -3.71. The molecule has 0 spiro atoms. The van der Waals surface area contributed by atoms with E-state index in [1.165, 1.54) is 39.5 Å². The van der Waals surface area contributed by atoms with Gasteiger partial charge in [0.2, 0.25) is 10.0 Å². The fourth-order valence-electron chi connectivity index (χ4n) is 4.23. The fourth-order valence-corrected chi connectivity index (χ4v) is 5.79. The van der Waals surface area contributed by atoms with Crippen LogP contribution in [0.25, 0.3) is 0 Å². The molecule has 1 fully saturated rings. The summed E-state index contributed by atoms with van der Waals surface area (Å²) in [6.45, 7) is 1.23. The highest BCUT2D eigenvalue weighted by atomic mass is 32.2. The van der Waals surface area contributed by atoms with Crippen LogP contribution in [0, 0.1) is 11.6 Å². The molecule has 1 amide bonds. The van der Waals surface area contributed by atoms with Gasteiger partial charge in [-0.1, -0.05) is 18.9 Å². The molecular weight excluding hydrogens is 410 g/mol. The van der Waals surface area contributed by atoms with Crippen molar-refractivity contribution in [3.8, 4) is 0 Å². The van der Waals surface area contributed by atoms with Crippen molar-refractivity contribution in [1.82, 2.24) is 4.31 Å². The van der Waals surface area contributed by atoms with Crippen LogP contribution in [0.1, 0.15) is 48.0 Å². The second kappa shape index (κ2) is 8.43. The highest BCUT2D eigenvalue weighted by molar-refractivity contribution is 7.89. The lowest BCUT2D eigenvalue weighted by Gasteiger charge is -2.30. The molecular formula is C22H24F2N2O3S. The second-order valence-electron chi connectivity index (χ2n) is 7.80. The number of carbonyl (C=O) groups is 1. The first kappa shape index (κ1) is 20.9. The monoisotopic (exact) mass is 434 g/mol. The van der Waals surface area contributed by atoms with Crippen LogP contribution in [0.3, 0.4) is 0 Å². The number of sulfonamides is 1. The Bertz CT molecular complexity index is 1060. The molecule has 160 valence electrons. The molecule has 0 saturated carbocycles. The smallest absolute Gasteiger partial charge is 0.258 e. The average molecular weight is 435 g/mol. The van der Waals surface area contributed by atoms with Crippen molar-refractivity contribution < 1.29 is 22.0 Å². The molecule has 0 unspecified atom stereocenters. The normalized spacial score (nSPS) is 18.0. The van der Waals surface area contributed by atoms with Crippen LogP contribution in [0.5, 0.6) is 0 Å². The van der Waals surface area contributed by atoms with Crippen LogP contribution in [-0.4, -0.2) is 38.3 Å². The molecule has 0 atom stereocenters. The Labute approximate surface area is 175 Å². The van der Waals surface area contributed by atoms with Crippen molar-refractivity contribution in [3.63, 3.8) is 0 Å². The van der Waals surface area contributed by atoms with Gasteiger partial charge in [0.1, 0.15) is 11.6 Å². The lowest BCUT2D eigenvalue weighted by molar-refractivity contribution is 0.0984. The van der Waals surface area contributed by atoms with Gasteiger partial charge in [-0.2, -0.15) is 4.31 Å². The number of carbonyl (C=O) groups excluding carboxylic acids is 1. The minimum absolute atomic E-state index is 0.0621. The minimum Gasteiger partial charge on any atom is -0.305 e. The summed E-state index contributed by atoms with van der Waals surface area (Å²) in [5.41, 5.74) is 0.691. The number of rotatable bonds is 3. The van der Waals surface area contributed by atoms with Gasteiger partial charge in [-0.25, -0.2) is 17.2 Å². The first-order valence-corrected chi connectivity index (χ1v) is 11.7. The number of halogens is 2. The van der Waals surface area contributed by atoms with E-state index in [1.807, 2.05) is 0 Å². The Balaban J connectivity index is 1.66. The Morgan fingerprint density at radius 3 is 2.37 bits per heavy atom. The number of amides is 1. The van der Waals surface area contributed by atoms with Gasteiger partial charge in [0.05, 0.1) is 10.6 Å². The molecule has 4 rings (SSSR count). The number of hydrogen-bond acceptors (Lipinski definition) is 3. The number of fused-ring (bicyclic) bond motifs is 1. The van der Waals surface area contributed by atoms with Gasteiger partial charge in [-0.05, 0) is 55.5 Å². The van der Waals surface area contributed by atoms with Gasteiger partial charge in [0.15, 0.2) is 0 Å². The maximum atomic E-state index is 14.5.